The third kappa shape index (κ3) is 3.12. The largest absolute Gasteiger partial charge is 0.485 e. The highest BCUT2D eigenvalue weighted by Crippen LogP contribution is 2.25. The van der Waals surface area contributed by atoms with E-state index >= 15 is 0 Å². The molecule has 4 rings (SSSR count). The number of para-hydroxylation sites is 1. The number of fused-ring (bicyclic) bond motifs is 2. The van der Waals surface area contributed by atoms with Crippen LogP contribution < -0.4 is 10.4 Å². The minimum absolute atomic E-state index is 0.0914. The van der Waals surface area contributed by atoms with Gasteiger partial charge in [0.25, 0.3) is 0 Å². The zero-order valence-corrected chi connectivity index (χ0v) is 15.2. The van der Waals surface area contributed by atoms with Gasteiger partial charge in [0, 0.05) is 39.7 Å². The smallest absolute Gasteiger partial charge is 0.336 e. The molecule has 0 radical (unpaired) electrons. The molecule has 0 amide bonds. The summed E-state index contributed by atoms with van der Waals surface area (Å²) in [5.41, 5.74) is 3.40. The quantitative estimate of drug-likeness (QED) is 0.422. The highest BCUT2D eigenvalue weighted by molar-refractivity contribution is 6.09. The van der Waals surface area contributed by atoms with Crippen LogP contribution in [0.5, 0.6) is 5.75 Å². The molecular weight excluding hydrogens is 342 g/mol. The molecule has 0 atom stereocenters. The third-order valence-electron chi connectivity index (χ3n) is 4.72. The van der Waals surface area contributed by atoms with Crippen LogP contribution in [0.1, 0.15) is 28.5 Å². The van der Waals surface area contributed by atoms with Crippen LogP contribution in [0.15, 0.2) is 57.7 Å². The van der Waals surface area contributed by atoms with Gasteiger partial charge in [-0.1, -0.05) is 25.1 Å². The summed E-state index contributed by atoms with van der Waals surface area (Å²) in [6, 6.07) is 14.5. The predicted molar refractivity (Wildman–Crippen MR) is 105 cm³/mol. The molecule has 0 saturated heterocycles. The molecule has 2 heterocycles. The number of ketones is 1. The van der Waals surface area contributed by atoms with Crippen LogP contribution in [0, 0.1) is 6.92 Å². The van der Waals surface area contributed by atoms with E-state index in [1.165, 1.54) is 6.07 Å². The number of aromatic nitrogens is 1. The first kappa shape index (κ1) is 17.1. The van der Waals surface area contributed by atoms with Crippen molar-refractivity contribution in [3.05, 3.63) is 75.8 Å². The highest BCUT2D eigenvalue weighted by Gasteiger charge is 2.16. The molecule has 0 aliphatic carbocycles. The number of rotatable bonds is 5. The molecule has 0 aliphatic heterocycles. The van der Waals surface area contributed by atoms with Crippen LogP contribution in [-0.4, -0.2) is 17.4 Å². The average Bonchev–Trinajstić information content (AvgIpc) is 3.00. The Morgan fingerprint density at radius 1 is 1.11 bits per heavy atom. The van der Waals surface area contributed by atoms with Crippen LogP contribution in [0.3, 0.4) is 0 Å². The van der Waals surface area contributed by atoms with Crippen molar-refractivity contribution in [3.8, 4) is 5.75 Å². The molecule has 136 valence electrons. The van der Waals surface area contributed by atoms with Crippen molar-refractivity contribution in [2.24, 2.45) is 0 Å². The molecule has 0 aliphatic rings. The van der Waals surface area contributed by atoms with E-state index in [9.17, 15) is 9.59 Å². The molecule has 0 unspecified atom stereocenters. The molecule has 0 spiro atoms. The van der Waals surface area contributed by atoms with Gasteiger partial charge in [-0.25, -0.2) is 4.79 Å². The van der Waals surface area contributed by atoms with Crippen molar-refractivity contribution >= 4 is 27.7 Å². The summed E-state index contributed by atoms with van der Waals surface area (Å²) in [6.45, 7) is 3.77. The maximum absolute atomic E-state index is 12.7. The van der Waals surface area contributed by atoms with E-state index in [2.05, 4.69) is 4.98 Å². The molecule has 1 N–H and O–H groups in total. The maximum Gasteiger partial charge on any atom is 0.336 e. The Kier molecular flexibility index (Phi) is 4.28. The van der Waals surface area contributed by atoms with Crippen LogP contribution in [-0.2, 0) is 6.42 Å². The minimum atomic E-state index is -0.387. The van der Waals surface area contributed by atoms with Gasteiger partial charge in [0.05, 0.1) is 0 Å². The van der Waals surface area contributed by atoms with E-state index in [-0.39, 0.29) is 18.0 Å². The van der Waals surface area contributed by atoms with Gasteiger partial charge < -0.3 is 14.1 Å². The van der Waals surface area contributed by atoms with Crippen LogP contribution in [0.2, 0.25) is 0 Å². The van der Waals surface area contributed by atoms with Gasteiger partial charge in [-0.3, -0.25) is 4.79 Å². The maximum atomic E-state index is 12.7. The number of carbonyl (C=O) groups excluding carboxylic acids is 1. The predicted octanol–water partition coefficient (Wildman–Crippen LogP) is 4.41. The van der Waals surface area contributed by atoms with E-state index < -0.39 is 0 Å². The van der Waals surface area contributed by atoms with E-state index in [4.69, 9.17) is 9.15 Å². The number of hydrogen-bond donors (Lipinski definition) is 1. The van der Waals surface area contributed by atoms with Crippen LogP contribution in [0.4, 0.5) is 0 Å². The monoisotopic (exact) mass is 361 g/mol. The zero-order valence-electron chi connectivity index (χ0n) is 15.2. The summed E-state index contributed by atoms with van der Waals surface area (Å²) in [7, 11) is 0. The number of Topliss-reactive ketones (excluding diaryl/α,β-unsaturated/α-hetero) is 1. The molecule has 5 heteroatoms. The lowest BCUT2D eigenvalue weighted by molar-refractivity contribution is 0.0922. The van der Waals surface area contributed by atoms with Gasteiger partial charge in [-0.2, -0.15) is 0 Å². The Morgan fingerprint density at radius 3 is 2.74 bits per heavy atom. The first-order chi connectivity index (χ1) is 13.1. The molecule has 2 aromatic heterocycles. The van der Waals surface area contributed by atoms with Crippen molar-refractivity contribution in [1.29, 1.82) is 0 Å². The lowest BCUT2D eigenvalue weighted by Crippen LogP contribution is -2.12. The summed E-state index contributed by atoms with van der Waals surface area (Å²) in [6.07, 6.45) is 0.737. The standard InChI is InChI=1S/C22H19NO4/c1-3-14-10-21(25)27-20-11-15(8-9-16(14)20)26-12-19(24)22-13(2)23-18-7-5-4-6-17(18)22/h4-11,23H,3,12H2,1-2H3. The second-order valence-corrected chi connectivity index (χ2v) is 6.48. The van der Waals surface area contributed by atoms with Gasteiger partial charge in [0.15, 0.2) is 6.61 Å². The Hall–Kier alpha value is -3.34. The average molecular weight is 361 g/mol. The second kappa shape index (κ2) is 6.76. The third-order valence-corrected chi connectivity index (χ3v) is 4.72. The van der Waals surface area contributed by atoms with E-state index in [0.29, 0.717) is 16.9 Å². The number of ether oxygens (including phenoxy) is 1. The zero-order chi connectivity index (χ0) is 19.0. The number of aromatic amines is 1. The number of H-pyrrole nitrogens is 1. The van der Waals surface area contributed by atoms with E-state index in [1.807, 2.05) is 44.2 Å². The van der Waals surface area contributed by atoms with Crippen molar-refractivity contribution in [1.82, 2.24) is 4.98 Å². The second-order valence-electron chi connectivity index (χ2n) is 6.48. The molecule has 0 bridgehead atoms. The normalized spacial score (nSPS) is 11.2. The number of carbonyl (C=O) groups is 1. The number of nitrogens with one attached hydrogen (secondary N) is 1. The van der Waals surface area contributed by atoms with Crippen molar-refractivity contribution in [2.75, 3.05) is 6.61 Å². The molecule has 27 heavy (non-hydrogen) atoms. The van der Waals surface area contributed by atoms with Gasteiger partial charge in [-0.15, -0.1) is 0 Å². The van der Waals surface area contributed by atoms with Crippen LogP contribution >= 0.6 is 0 Å². The Balaban J connectivity index is 1.60. The fourth-order valence-corrected chi connectivity index (χ4v) is 3.45. The number of aryl methyl sites for hydroxylation is 2. The summed E-state index contributed by atoms with van der Waals surface area (Å²) in [5, 5.41) is 1.77. The Bertz CT molecular complexity index is 1220. The van der Waals surface area contributed by atoms with E-state index in [1.54, 1.807) is 12.1 Å². The fraction of sp³-hybridized carbons (Fsp3) is 0.182. The van der Waals surface area contributed by atoms with Gasteiger partial charge in [0.2, 0.25) is 5.78 Å². The molecule has 2 aromatic carbocycles. The Morgan fingerprint density at radius 2 is 1.93 bits per heavy atom. The van der Waals surface area contributed by atoms with Crippen molar-refractivity contribution < 1.29 is 13.9 Å². The number of hydrogen-bond acceptors (Lipinski definition) is 4. The van der Waals surface area contributed by atoms with Gasteiger partial charge in [-0.05, 0) is 37.1 Å². The van der Waals surface area contributed by atoms with Crippen molar-refractivity contribution in [2.45, 2.75) is 20.3 Å². The Labute approximate surface area is 155 Å². The SMILES string of the molecule is CCc1cc(=O)oc2cc(OCC(=O)c3c(C)[nH]c4ccccc34)ccc12. The fourth-order valence-electron chi connectivity index (χ4n) is 3.45. The molecule has 0 fully saturated rings. The topological polar surface area (TPSA) is 72.3 Å². The molecule has 0 saturated carbocycles. The van der Waals surface area contributed by atoms with E-state index in [0.717, 1.165) is 34.0 Å². The van der Waals surface area contributed by atoms with Gasteiger partial charge >= 0.3 is 5.63 Å². The lowest BCUT2D eigenvalue weighted by atomic mass is 10.1. The lowest BCUT2D eigenvalue weighted by Gasteiger charge is -2.08. The molecule has 5 nitrogen and oxygen atoms in total. The van der Waals surface area contributed by atoms with Gasteiger partial charge in [0.1, 0.15) is 11.3 Å². The van der Waals surface area contributed by atoms with Crippen molar-refractivity contribution in [3.63, 3.8) is 0 Å². The summed E-state index contributed by atoms with van der Waals surface area (Å²) < 4.78 is 11.0. The molecule has 4 aromatic rings. The first-order valence-electron chi connectivity index (χ1n) is 8.87. The summed E-state index contributed by atoms with van der Waals surface area (Å²) in [4.78, 5) is 27.6. The first-order valence-corrected chi connectivity index (χ1v) is 8.87. The number of benzene rings is 2. The summed E-state index contributed by atoms with van der Waals surface area (Å²) in [5.74, 6) is 0.388. The summed E-state index contributed by atoms with van der Waals surface area (Å²) >= 11 is 0. The molecular formula is C22H19NO4. The van der Waals surface area contributed by atoms with Crippen LogP contribution in [0.25, 0.3) is 21.9 Å². The highest BCUT2D eigenvalue weighted by atomic mass is 16.5. The minimum Gasteiger partial charge on any atom is -0.485 e.